The highest BCUT2D eigenvalue weighted by Crippen LogP contribution is 2.22. The third-order valence-electron chi connectivity index (χ3n) is 3.05. The molecule has 0 bridgehead atoms. The predicted molar refractivity (Wildman–Crippen MR) is 66.7 cm³/mol. The SMILES string of the molecule is NC1CC(=O)N(c2cc3ccccc3cn2)C1. The third kappa shape index (κ3) is 1.76. The molecule has 3 rings (SSSR count). The van der Waals surface area contributed by atoms with Crippen LogP contribution in [0.25, 0.3) is 10.8 Å². The average molecular weight is 227 g/mol. The van der Waals surface area contributed by atoms with Gasteiger partial charge in [0.1, 0.15) is 5.82 Å². The molecule has 1 aromatic carbocycles. The fraction of sp³-hybridized carbons (Fsp3) is 0.231. The van der Waals surface area contributed by atoms with Crippen LogP contribution in [0.4, 0.5) is 5.82 Å². The van der Waals surface area contributed by atoms with Gasteiger partial charge in [-0.2, -0.15) is 0 Å². The summed E-state index contributed by atoms with van der Waals surface area (Å²) >= 11 is 0. The molecule has 1 aliphatic rings. The van der Waals surface area contributed by atoms with Crippen molar-refractivity contribution in [3.8, 4) is 0 Å². The Bertz CT molecular complexity index is 582. The van der Waals surface area contributed by atoms with Crippen LogP contribution in [0.2, 0.25) is 0 Å². The van der Waals surface area contributed by atoms with Gasteiger partial charge in [0.15, 0.2) is 0 Å². The first kappa shape index (κ1) is 10.2. The molecular formula is C13H13N3O. The van der Waals surface area contributed by atoms with Gasteiger partial charge in [0.05, 0.1) is 0 Å². The smallest absolute Gasteiger partial charge is 0.229 e. The Morgan fingerprint density at radius 3 is 2.76 bits per heavy atom. The van der Waals surface area contributed by atoms with E-state index in [-0.39, 0.29) is 11.9 Å². The molecule has 1 unspecified atom stereocenters. The van der Waals surface area contributed by atoms with Gasteiger partial charge in [0, 0.05) is 30.6 Å². The summed E-state index contributed by atoms with van der Waals surface area (Å²) in [5.74, 6) is 0.752. The van der Waals surface area contributed by atoms with Crippen molar-refractivity contribution >= 4 is 22.5 Å². The fourth-order valence-corrected chi connectivity index (χ4v) is 2.18. The Morgan fingerprint density at radius 1 is 1.29 bits per heavy atom. The molecule has 1 saturated heterocycles. The van der Waals surface area contributed by atoms with Gasteiger partial charge in [-0.25, -0.2) is 4.98 Å². The normalized spacial score (nSPS) is 20.2. The number of amides is 1. The van der Waals surface area contributed by atoms with Crippen molar-refractivity contribution in [3.05, 3.63) is 36.5 Å². The number of anilines is 1. The number of hydrogen-bond acceptors (Lipinski definition) is 3. The lowest BCUT2D eigenvalue weighted by Gasteiger charge is -2.15. The largest absolute Gasteiger partial charge is 0.326 e. The van der Waals surface area contributed by atoms with Crippen molar-refractivity contribution < 1.29 is 4.79 Å². The maximum Gasteiger partial charge on any atom is 0.229 e. The molecule has 1 amide bonds. The van der Waals surface area contributed by atoms with E-state index in [0.29, 0.717) is 18.8 Å². The first-order chi connectivity index (χ1) is 8.24. The van der Waals surface area contributed by atoms with Crippen LogP contribution in [0, 0.1) is 0 Å². The zero-order valence-electron chi connectivity index (χ0n) is 9.34. The maximum atomic E-state index is 11.7. The second-order valence-electron chi connectivity index (χ2n) is 4.36. The van der Waals surface area contributed by atoms with E-state index in [1.54, 1.807) is 11.1 Å². The van der Waals surface area contributed by atoms with Crippen molar-refractivity contribution in [2.24, 2.45) is 5.73 Å². The minimum Gasteiger partial charge on any atom is -0.326 e. The van der Waals surface area contributed by atoms with Crippen molar-refractivity contribution in [3.63, 3.8) is 0 Å². The summed E-state index contributed by atoms with van der Waals surface area (Å²) < 4.78 is 0. The summed E-state index contributed by atoms with van der Waals surface area (Å²) in [6, 6.07) is 9.83. The average Bonchev–Trinajstić information content (AvgIpc) is 2.68. The number of pyridine rings is 1. The Hall–Kier alpha value is -1.94. The van der Waals surface area contributed by atoms with Crippen LogP contribution >= 0.6 is 0 Å². The second-order valence-corrected chi connectivity index (χ2v) is 4.36. The van der Waals surface area contributed by atoms with E-state index in [0.717, 1.165) is 10.8 Å². The summed E-state index contributed by atoms with van der Waals surface area (Å²) in [5.41, 5.74) is 5.78. The Labute approximate surface area is 99.0 Å². The molecule has 4 nitrogen and oxygen atoms in total. The molecule has 0 aliphatic carbocycles. The Morgan fingerprint density at radius 2 is 2.06 bits per heavy atom. The number of hydrogen-bond donors (Lipinski definition) is 1. The molecule has 1 atom stereocenters. The zero-order valence-corrected chi connectivity index (χ0v) is 9.34. The number of nitrogens with zero attached hydrogens (tertiary/aromatic N) is 2. The molecule has 2 heterocycles. The van der Waals surface area contributed by atoms with Gasteiger partial charge in [-0.1, -0.05) is 24.3 Å². The number of carbonyl (C=O) groups excluding carboxylic acids is 1. The third-order valence-corrected chi connectivity index (χ3v) is 3.05. The Kier molecular flexibility index (Phi) is 2.30. The van der Waals surface area contributed by atoms with E-state index < -0.39 is 0 Å². The molecule has 0 radical (unpaired) electrons. The topological polar surface area (TPSA) is 59.2 Å². The molecule has 1 fully saturated rings. The lowest BCUT2D eigenvalue weighted by atomic mass is 10.2. The van der Waals surface area contributed by atoms with E-state index in [1.807, 2.05) is 30.3 Å². The molecule has 1 aliphatic heterocycles. The highest BCUT2D eigenvalue weighted by atomic mass is 16.2. The first-order valence-electron chi connectivity index (χ1n) is 5.65. The quantitative estimate of drug-likeness (QED) is 0.798. The van der Waals surface area contributed by atoms with Gasteiger partial charge in [0.25, 0.3) is 0 Å². The molecular weight excluding hydrogens is 214 g/mol. The van der Waals surface area contributed by atoms with Crippen LogP contribution in [0.1, 0.15) is 6.42 Å². The van der Waals surface area contributed by atoms with Crippen molar-refractivity contribution in [1.29, 1.82) is 0 Å². The van der Waals surface area contributed by atoms with E-state index in [4.69, 9.17) is 5.73 Å². The maximum absolute atomic E-state index is 11.7. The number of benzene rings is 1. The highest BCUT2D eigenvalue weighted by Gasteiger charge is 2.28. The van der Waals surface area contributed by atoms with Crippen molar-refractivity contribution in [1.82, 2.24) is 4.98 Å². The van der Waals surface area contributed by atoms with E-state index in [1.165, 1.54) is 0 Å². The molecule has 0 saturated carbocycles. The van der Waals surface area contributed by atoms with Crippen molar-refractivity contribution in [2.45, 2.75) is 12.5 Å². The number of nitrogens with two attached hydrogens (primary N) is 1. The number of aromatic nitrogens is 1. The van der Waals surface area contributed by atoms with E-state index in [9.17, 15) is 4.79 Å². The summed E-state index contributed by atoms with van der Waals surface area (Å²) in [6.07, 6.45) is 2.20. The van der Waals surface area contributed by atoms with Crippen molar-refractivity contribution in [2.75, 3.05) is 11.4 Å². The minimum absolute atomic E-state index is 0.0558. The molecule has 0 spiro atoms. The number of carbonyl (C=O) groups is 1. The van der Waals surface area contributed by atoms with E-state index >= 15 is 0 Å². The van der Waals surface area contributed by atoms with Crippen LogP contribution in [0.3, 0.4) is 0 Å². The van der Waals surface area contributed by atoms with Gasteiger partial charge < -0.3 is 5.73 Å². The van der Waals surface area contributed by atoms with Gasteiger partial charge in [-0.05, 0) is 11.5 Å². The summed E-state index contributed by atoms with van der Waals surface area (Å²) in [6.45, 7) is 0.560. The number of fused-ring (bicyclic) bond motifs is 1. The number of rotatable bonds is 1. The monoisotopic (exact) mass is 227 g/mol. The molecule has 2 aromatic rings. The van der Waals surface area contributed by atoms with Gasteiger partial charge in [-0.15, -0.1) is 0 Å². The summed E-state index contributed by atoms with van der Waals surface area (Å²) in [4.78, 5) is 17.7. The Balaban J connectivity index is 2.03. The lowest BCUT2D eigenvalue weighted by molar-refractivity contribution is -0.117. The molecule has 86 valence electrons. The van der Waals surface area contributed by atoms with Crippen LogP contribution in [-0.4, -0.2) is 23.5 Å². The summed E-state index contributed by atoms with van der Waals surface area (Å²) in [7, 11) is 0. The standard InChI is InChI=1S/C13H13N3O/c14-11-6-13(17)16(8-11)12-5-9-3-1-2-4-10(9)7-15-12/h1-5,7,11H,6,8,14H2. The highest BCUT2D eigenvalue weighted by molar-refractivity contribution is 5.97. The second kappa shape index (κ2) is 3.82. The van der Waals surface area contributed by atoms with Crippen LogP contribution in [-0.2, 0) is 4.79 Å². The molecule has 1 aromatic heterocycles. The minimum atomic E-state index is -0.0734. The summed E-state index contributed by atoms with van der Waals surface area (Å²) in [5, 5.41) is 2.16. The van der Waals surface area contributed by atoms with E-state index in [2.05, 4.69) is 4.98 Å². The van der Waals surface area contributed by atoms with Crippen LogP contribution < -0.4 is 10.6 Å². The van der Waals surface area contributed by atoms with Gasteiger partial charge in [-0.3, -0.25) is 9.69 Å². The lowest BCUT2D eigenvalue weighted by Crippen LogP contribution is -2.28. The predicted octanol–water partition coefficient (Wildman–Crippen LogP) is 1.30. The molecule has 4 heteroatoms. The zero-order chi connectivity index (χ0) is 11.8. The van der Waals surface area contributed by atoms with Crippen LogP contribution in [0.5, 0.6) is 0 Å². The first-order valence-corrected chi connectivity index (χ1v) is 5.65. The molecule has 17 heavy (non-hydrogen) atoms. The van der Waals surface area contributed by atoms with Gasteiger partial charge >= 0.3 is 0 Å². The van der Waals surface area contributed by atoms with Crippen LogP contribution in [0.15, 0.2) is 36.5 Å². The molecule has 2 N–H and O–H groups in total. The fourth-order valence-electron chi connectivity index (χ4n) is 2.18. The van der Waals surface area contributed by atoms with Gasteiger partial charge in [0.2, 0.25) is 5.91 Å².